The van der Waals surface area contributed by atoms with Gasteiger partial charge in [0.25, 0.3) is 10.0 Å². The van der Waals surface area contributed by atoms with Gasteiger partial charge in [-0.05, 0) is 23.8 Å². The van der Waals surface area contributed by atoms with E-state index in [1.165, 1.54) is 34.4 Å². The number of anilines is 1. The lowest BCUT2D eigenvalue weighted by Crippen LogP contribution is -2.15. The van der Waals surface area contributed by atoms with E-state index < -0.39 is 20.7 Å². The molecule has 0 aliphatic heterocycles. The fourth-order valence-electron chi connectivity index (χ4n) is 2.25. The topological polar surface area (TPSA) is 68.3 Å². The quantitative estimate of drug-likeness (QED) is 0.599. The second-order valence-corrected chi connectivity index (χ2v) is 8.20. The van der Waals surface area contributed by atoms with Crippen LogP contribution in [0.4, 0.5) is 14.6 Å². The molecule has 0 radical (unpaired) electrons. The number of thiazole rings is 1. The Morgan fingerprint density at radius 2 is 2.04 bits per heavy atom. The average molecular weight is 431 g/mol. The lowest BCUT2D eigenvalue weighted by atomic mass is 10.1. The molecule has 0 bridgehead atoms. The Labute approximate surface area is 163 Å². The zero-order chi connectivity index (χ0) is 19.4. The van der Waals surface area contributed by atoms with Crippen molar-refractivity contribution in [1.29, 1.82) is 0 Å². The summed E-state index contributed by atoms with van der Waals surface area (Å²) in [5.74, 6) is -1.29. The lowest BCUT2D eigenvalue weighted by molar-refractivity contribution is 0.319. The Bertz CT molecular complexity index is 1040. The van der Waals surface area contributed by atoms with Crippen molar-refractivity contribution in [2.75, 3.05) is 11.3 Å². The van der Waals surface area contributed by atoms with Crippen LogP contribution in [0, 0.1) is 11.6 Å². The molecule has 0 amide bonds. The van der Waals surface area contributed by atoms with Crippen molar-refractivity contribution in [2.45, 2.75) is 11.3 Å². The Balaban J connectivity index is 1.72. The van der Waals surface area contributed by atoms with Crippen molar-refractivity contribution in [2.24, 2.45) is 0 Å². The molecule has 3 rings (SSSR count). The minimum atomic E-state index is -4.18. The molecule has 5 nitrogen and oxygen atoms in total. The van der Waals surface area contributed by atoms with Crippen LogP contribution in [-0.4, -0.2) is 20.0 Å². The highest BCUT2D eigenvalue weighted by Gasteiger charge is 2.22. The molecule has 0 spiro atoms. The van der Waals surface area contributed by atoms with Gasteiger partial charge in [-0.3, -0.25) is 4.72 Å². The van der Waals surface area contributed by atoms with Gasteiger partial charge in [0.1, 0.15) is 22.3 Å². The van der Waals surface area contributed by atoms with Gasteiger partial charge < -0.3 is 4.74 Å². The van der Waals surface area contributed by atoms with Crippen LogP contribution in [-0.2, 0) is 16.4 Å². The minimum absolute atomic E-state index is 0.00169. The Kier molecular flexibility index (Phi) is 5.93. The van der Waals surface area contributed by atoms with Gasteiger partial charge in [0.2, 0.25) is 0 Å². The van der Waals surface area contributed by atoms with Gasteiger partial charge >= 0.3 is 0 Å². The van der Waals surface area contributed by atoms with E-state index in [1.54, 1.807) is 12.1 Å². The zero-order valence-electron chi connectivity index (χ0n) is 13.7. The van der Waals surface area contributed by atoms with Crippen LogP contribution in [0.15, 0.2) is 52.2 Å². The number of sulfonamides is 1. The van der Waals surface area contributed by atoms with E-state index in [1.807, 2.05) is 0 Å². The molecule has 142 valence electrons. The summed E-state index contributed by atoms with van der Waals surface area (Å²) < 4.78 is 59.7. The lowest BCUT2D eigenvalue weighted by Gasteiger charge is -2.12. The van der Waals surface area contributed by atoms with Crippen molar-refractivity contribution in [3.8, 4) is 5.75 Å². The fraction of sp³-hybridized carbons (Fsp3) is 0.118. The van der Waals surface area contributed by atoms with Gasteiger partial charge in [-0.25, -0.2) is 22.2 Å². The molecule has 2 aromatic carbocycles. The van der Waals surface area contributed by atoms with E-state index >= 15 is 0 Å². The predicted octanol–water partition coefficient (Wildman–Crippen LogP) is 4.50. The Morgan fingerprint density at radius 3 is 2.74 bits per heavy atom. The molecule has 0 unspecified atom stereocenters. The van der Waals surface area contributed by atoms with Crippen LogP contribution < -0.4 is 9.46 Å². The van der Waals surface area contributed by atoms with Crippen LogP contribution in [0.3, 0.4) is 0 Å². The summed E-state index contributed by atoms with van der Waals surface area (Å²) in [5.41, 5.74) is 2.15. The number of hydrogen-bond acceptors (Lipinski definition) is 5. The molecule has 27 heavy (non-hydrogen) atoms. The molecule has 0 fully saturated rings. The van der Waals surface area contributed by atoms with Gasteiger partial charge in [-0.2, -0.15) is 0 Å². The van der Waals surface area contributed by atoms with Crippen LogP contribution in [0.25, 0.3) is 0 Å². The number of nitrogens with one attached hydrogen (secondary N) is 1. The van der Waals surface area contributed by atoms with E-state index in [0.717, 1.165) is 12.1 Å². The van der Waals surface area contributed by atoms with Gasteiger partial charge in [0.15, 0.2) is 5.82 Å². The SMILES string of the molecule is O=S(=O)(Nc1cscn1)c1cc(Cl)c(OCCc2cccc(F)c2)cc1F. The first kappa shape index (κ1) is 19.5. The van der Waals surface area contributed by atoms with Crippen LogP contribution >= 0.6 is 22.9 Å². The van der Waals surface area contributed by atoms with Crippen molar-refractivity contribution in [1.82, 2.24) is 4.98 Å². The Morgan fingerprint density at radius 1 is 1.22 bits per heavy atom. The number of nitrogens with zero attached hydrogens (tertiary/aromatic N) is 1. The summed E-state index contributed by atoms with van der Waals surface area (Å²) in [4.78, 5) is 3.18. The first-order chi connectivity index (χ1) is 12.8. The summed E-state index contributed by atoms with van der Waals surface area (Å²) in [6.07, 6.45) is 0.376. The number of benzene rings is 2. The normalized spacial score (nSPS) is 11.4. The second-order valence-electron chi connectivity index (χ2n) is 5.42. The molecule has 1 heterocycles. The highest BCUT2D eigenvalue weighted by atomic mass is 35.5. The molecule has 0 aliphatic carbocycles. The van der Waals surface area contributed by atoms with Crippen molar-refractivity contribution in [3.63, 3.8) is 0 Å². The van der Waals surface area contributed by atoms with Crippen LogP contribution in [0.2, 0.25) is 5.02 Å². The average Bonchev–Trinajstić information content (AvgIpc) is 3.10. The van der Waals surface area contributed by atoms with Gasteiger partial charge in [0.05, 0.1) is 17.1 Å². The van der Waals surface area contributed by atoms with Crippen molar-refractivity contribution in [3.05, 3.63) is 69.5 Å². The summed E-state index contributed by atoms with van der Waals surface area (Å²) in [7, 11) is -4.18. The first-order valence-electron chi connectivity index (χ1n) is 7.62. The van der Waals surface area contributed by atoms with Crippen LogP contribution in [0.5, 0.6) is 5.75 Å². The highest BCUT2D eigenvalue weighted by Crippen LogP contribution is 2.31. The first-order valence-corrected chi connectivity index (χ1v) is 10.4. The summed E-state index contributed by atoms with van der Waals surface area (Å²) in [6.45, 7) is 0.117. The number of rotatable bonds is 7. The molecule has 0 saturated heterocycles. The van der Waals surface area contributed by atoms with Gasteiger partial charge in [-0.15, -0.1) is 11.3 Å². The minimum Gasteiger partial charge on any atom is -0.492 e. The highest BCUT2D eigenvalue weighted by molar-refractivity contribution is 7.92. The fourth-order valence-corrected chi connectivity index (χ4v) is 4.18. The molecule has 0 atom stereocenters. The number of ether oxygens (including phenoxy) is 1. The predicted molar refractivity (Wildman–Crippen MR) is 99.9 cm³/mol. The van der Waals surface area contributed by atoms with E-state index in [-0.39, 0.29) is 29.0 Å². The molecule has 0 aliphatic rings. The summed E-state index contributed by atoms with van der Waals surface area (Å²) >= 11 is 7.23. The van der Waals surface area contributed by atoms with Crippen molar-refractivity contribution < 1.29 is 21.9 Å². The van der Waals surface area contributed by atoms with E-state index in [4.69, 9.17) is 16.3 Å². The molecule has 1 N–H and O–H groups in total. The standard InChI is InChI=1S/C17H13ClF2N2O3S2/c18-13-7-16(27(23,24)22-17-9-26-10-21-17)14(20)8-15(13)25-5-4-11-2-1-3-12(19)6-11/h1-3,6-10,22H,4-5H2. The Hall–Kier alpha value is -2.23. The van der Waals surface area contributed by atoms with E-state index in [0.29, 0.717) is 12.0 Å². The number of aromatic nitrogens is 1. The second kappa shape index (κ2) is 8.20. The summed E-state index contributed by atoms with van der Waals surface area (Å²) in [6, 6.07) is 7.88. The third kappa shape index (κ3) is 4.94. The molecular formula is C17H13ClF2N2O3S2. The van der Waals surface area contributed by atoms with E-state index in [2.05, 4.69) is 9.71 Å². The third-order valence-electron chi connectivity index (χ3n) is 3.48. The molecule has 3 aromatic rings. The largest absolute Gasteiger partial charge is 0.492 e. The molecule has 10 heteroatoms. The van der Waals surface area contributed by atoms with Gasteiger partial charge in [0, 0.05) is 17.9 Å². The summed E-state index contributed by atoms with van der Waals surface area (Å²) in [5, 5.41) is 1.41. The van der Waals surface area contributed by atoms with Crippen LogP contribution in [0.1, 0.15) is 5.56 Å². The molecule has 0 saturated carbocycles. The third-order valence-corrected chi connectivity index (χ3v) is 5.74. The monoisotopic (exact) mass is 430 g/mol. The van der Waals surface area contributed by atoms with Crippen molar-refractivity contribution >= 4 is 38.8 Å². The molecule has 1 aromatic heterocycles. The number of halogens is 3. The van der Waals surface area contributed by atoms with E-state index in [9.17, 15) is 17.2 Å². The number of hydrogen-bond donors (Lipinski definition) is 1. The molecular weight excluding hydrogens is 418 g/mol. The maximum absolute atomic E-state index is 14.3. The smallest absolute Gasteiger partial charge is 0.266 e. The zero-order valence-corrected chi connectivity index (χ0v) is 16.0. The van der Waals surface area contributed by atoms with Gasteiger partial charge in [-0.1, -0.05) is 23.7 Å². The maximum Gasteiger partial charge on any atom is 0.266 e. The maximum atomic E-state index is 14.3.